The number of hydrogen-bond acceptors (Lipinski definition) is 6. The van der Waals surface area contributed by atoms with Crippen molar-refractivity contribution in [2.24, 2.45) is 11.8 Å². The Hall–Kier alpha value is -3.14. The molecule has 33 heavy (non-hydrogen) atoms. The standard InChI is InChI=1S/C23H34FN5O4/c1-14(2)10-28(20-21(25)29(11-15(3)4)23(32)26-22(20)31)19(30)13-27(5)12-16-7-8-18(33-6)17(24)9-16/h7-9,14-15H,10-13,25H2,1-6H3,(H,26,31,32). The second kappa shape index (κ2) is 11.1. The summed E-state index contributed by atoms with van der Waals surface area (Å²) in [6.07, 6.45) is 0. The molecule has 0 atom stereocenters. The summed E-state index contributed by atoms with van der Waals surface area (Å²) in [5.74, 6) is -0.582. The van der Waals surface area contributed by atoms with Crippen LogP contribution in [0, 0.1) is 17.7 Å². The largest absolute Gasteiger partial charge is 0.494 e. The van der Waals surface area contributed by atoms with E-state index in [1.165, 1.54) is 28.7 Å². The molecule has 3 N–H and O–H groups in total. The molecular formula is C23H34FN5O4. The van der Waals surface area contributed by atoms with Crippen molar-refractivity contribution in [3.8, 4) is 5.75 Å². The summed E-state index contributed by atoms with van der Waals surface area (Å²) in [5.41, 5.74) is 5.56. The summed E-state index contributed by atoms with van der Waals surface area (Å²) >= 11 is 0. The molecule has 0 saturated heterocycles. The summed E-state index contributed by atoms with van der Waals surface area (Å²) < 4.78 is 20.2. The van der Waals surface area contributed by atoms with E-state index in [0.717, 1.165) is 0 Å². The molecule has 0 unspecified atom stereocenters. The molecule has 2 aromatic rings. The van der Waals surface area contributed by atoms with Crippen LogP contribution in [-0.4, -0.2) is 47.6 Å². The SMILES string of the molecule is COc1ccc(CN(C)CC(=O)N(CC(C)C)c2c(N)n(CC(C)C)c(=O)[nH]c2=O)cc1F. The number of aromatic amines is 1. The van der Waals surface area contributed by atoms with Gasteiger partial charge in [-0.05, 0) is 36.6 Å². The molecule has 1 amide bonds. The molecule has 0 aliphatic heterocycles. The monoisotopic (exact) mass is 463 g/mol. The van der Waals surface area contributed by atoms with Crippen LogP contribution in [-0.2, 0) is 17.9 Å². The first-order valence-electron chi connectivity index (χ1n) is 10.9. The lowest BCUT2D eigenvalue weighted by molar-refractivity contribution is -0.119. The Morgan fingerprint density at radius 1 is 1.21 bits per heavy atom. The Labute approximate surface area is 193 Å². The fourth-order valence-corrected chi connectivity index (χ4v) is 3.56. The highest BCUT2D eigenvalue weighted by molar-refractivity contribution is 5.96. The minimum atomic E-state index is -0.702. The maximum absolute atomic E-state index is 14.0. The lowest BCUT2D eigenvalue weighted by Crippen LogP contribution is -2.46. The molecule has 0 aliphatic carbocycles. The van der Waals surface area contributed by atoms with E-state index in [4.69, 9.17) is 10.5 Å². The number of nitrogen functional groups attached to an aromatic ring is 1. The number of H-pyrrole nitrogens is 1. The molecule has 1 aromatic carbocycles. The fraction of sp³-hybridized carbons (Fsp3) is 0.522. The van der Waals surface area contributed by atoms with Crippen LogP contribution in [0.25, 0.3) is 0 Å². The molecule has 0 saturated carbocycles. The maximum Gasteiger partial charge on any atom is 0.330 e. The summed E-state index contributed by atoms with van der Waals surface area (Å²) in [4.78, 5) is 43.6. The number of hydrogen-bond donors (Lipinski definition) is 2. The molecule has 0 bridgehead atoms. The second-order valence-corrected chi connectivity index (χ2v) is 9.04. The molecule has 9 nitrogen and oxygen atoms in total. The van der Waals surface area contributed by atoms with Gasteiger partial charge in [0.05, 0.1) is 13.7 Å². The van der Waals surface area contributed by atoms with Crippen molar-refractivity contribution >= 4 is 17.4 Å². The highest BCUT2D eigenvalue weighted by Crippen LogP contribution is 2.21. The molecule has 1 aromatic heterocycles. The van der Waals surface area contributed by atoms with Gasteiger partial charge >= 0.3 is 5.69 Å². The van der Waals surface area contributed by atoms with Crippen molar-refractivity contribution in [1.82, 2.24) is 14.5 Å². The highest BCUT2D eigenvalue weighted by Gasteiger charge is 2.26. The first kappa shape index (κ1) is 26.1. The molecular weight excluding hydrogens is 429 g/mol. The molecule has 2 rings (SSSR count). The number of halogens is 1. The van der Waals surface area contributed by atoms with Gasteiger partial charge in [-0.1, -0.05) is 33.8 Å². The summed E-state index contributed by atoms with van der Waals surface area (Å²) in [6.45, 7) is 8.49. The van der Waals surface area contributed by atoms with E-state index in [-0.39, 0.29) is 48.1 Å². The zero-order valence-electron chi connectivity index (χ0n) is 20.1. The number of amides is 1. The van der Waals surface area contributed by atoms with Crippen molar-refractivity contribution in [3.63, 3.8) is 0 Å². The van der Waals surface area contributed by atoms with Gasteiger partial charge in [-0.15, -0.1) is 0 Å². The molecule has 182 valence electrons. The number of aromatic nitrogens is 2. The maximum atomic E-state index is 14.0. The van der Waals surface area contributed by atoms with Crippen LogP contribution in [0.5, 0.6) is 5.75 Å². The molecule has 0 spiro atoms. The minimum absolute atomic E-state index is 0.0298. The second-order valence-electron chi connectivity index (χ2n) is 9.04. The molecule has 1 heterocycles. The van der Waals surface area contributed by atoms with E-state index in [0.29, 0.717) is 18.7 Å². The van der Waals surface area contributed by atoms with Crippen LogP contribution >= 0.6 is 0 Å². The average Bonchev–Trinajstić information content (AvgIpc) is 2.69. The van der Waals surface area contributed by atoms with Crippen molar-refractivity contribution in [2.75, 3.05) is 37.9 Å². The number of nitrogens with two attached hydrogens (primary N) is 1. The normalized spacial score (nSPS) is 11.5. The van der Waals surface area contributed by atoms with E-state index in [1.54, 1.807) is 18.0 Å². The van der Waals surface area contributed by atoms with Gasteiger partial charge in [-0.25, -0.2) is 9.18 Å². The Kier molecular flexibility index (Phi) is 8.81. The lowest BCUT2D eigenvalue weighted by atomic mass is 10.1. The number of nitrogens with zero attached hydrogens (tertiary/aromatic N) is 3. The number of nitrogens with one attached hydrogen (secondary N) is 1. The van der Waals surface area contributed by atoms with Crippen LogP contribution in [0.1, 0.15) is 33.3 Å². The van der Waals surface area contributed by atoms with E-state index in [1.807, 2.05) is 27.7 Å². The summed E-state index contributed by atoms with van der Waals surface area (Å²) in [7, 11) is 3.12. The number of carbonyl (C=O) groups excluding carboxylic acids is 1. The van der Waals surface area contributed by atoms with Crippen molar-refractivity contribution in [3.05, 3.63) is 50.4 Å². The third-order valence-electron chi connectivity index (χ3n) is 4.95. The third-order valence-corrected chi connectivity index (χ3v) is 4.95. The topological polar surface area (TPSA) is 114 Å². The Bertz CT molecular complexity index is 1090. The van der Waals surface area contributed by atoms with Gasteiger partial charge < -0.3 is 15.4 Å². The predicted octanol–water partition coefficient (Wildman–Crippen LogP) is 2.04. The van der Waals surface area contributed by atoms with Crippen LogP contribution in [0.4, 0.5) is 15.9 Å². The number of methoxy groups -OCH3 is 1. The third kappa shape index (κ3) is 6.67. The Morgan fingerprint density at radius 2 is 1.88 bits per heavy atom. The van der Waals surface area contributed by atoms with Crippen LogP contribution in [0.15, 0.2) is 27.8 Å². The number of likely N-dealkylation sites (N-methyl/N-ethyl adjacent to an activating group) is 1. The van der Waals surface area contributed by atoms with Gasteiger partial charge in [0.15, 0.2) is 17.3 Å². The van der Waals surface area contributed by atoms with Crippen molar-refractivity contribution in [1.29, 1.82) is 0 Å². The first-order valence-corrected chi connectivity index (χ1v) is 10.9. The van der Waals surface area contributed by atoms with Crippen LogP contribution in [0.3, 0.4) is 0 Å². The zero-order valence-corrected chi connectivity index (χ0v) is 20.1. The van der Waals surface area contributed by atoms with E-state index < -0.39 is 17.1 Å². The number of ether oxygens (including phenoxy) is 1. The Morgan fingerprint density at radius 3 is 2.42 bits per heavy atom. The van der Waals surface area contributed by atoms with Gasteiger partial charge in [-0.3, -0.25) is 24.0 Å². The van der Waals surface area contributed by atoms with E-state index >= 15 is 0 Å². The summed E-state index contributed by atoms with van der Waals surface area (Å²) in [6, 6.07) is 4.61. The van der Waals surface area contributed by atoms with Crippen molar-refractivity contribution < 1.29 is 13.9 Å². The smallest absolute Gasteiger partial charge is 0.330 e. The van der Waals surface area contributed by atoms with Gasteiger partial charge in [0, 0.05) is 19.6 Å². The number of benzene rings is 1. The molecule has 0 fully saturated rings. The average molecular weight is 464 g/mol. The molecule has 10 heteroatoms. The zero-order chi connectivity index (χ0) is 24.9. The number of carbonyl (C=O) groups is 1. The summed E-state index contributed by atoms with van der Waals surface area (Å²) in [5, 5.41) is 0. The Balaban J connectivity index is 2.33. The van der Waals surface area contributed by atoms with E-state index in [2.05, 4.69) is 4.98 Å². The number of anilines is 2. The number of rotatable bonds is 10. The van der Waals surface area contributed by atoms with Gasteiger partial charge in [-0.2, -0.15) is 0 Å². The fourth-order valence-electron chi connectivity index (χ4n) is 3.56. The molecule has 0 radical (unpaired) electrons. The first-order chi connectivity index (χ1) is 15.4. The molecule has 0 aliphatic rings. The van der Waals surface area contributed by atoms with E-state index in [9.17, 15) is 18.8 Å². The van der Waals surface area contributed by atoms with Crippen molar-refractivity contribution in [2.45, 2.75) is 40.8 Å². The lowest BCUT2D eigenvalue weighted by Gasteiger charge is -2.28. The van der Waals surface area contributed by atoms with Crippen LogP contribution in [0.2, 0.25) is 0 Å². The van der Waals surface area contributed by atoms with Crippen LogP contribution < -0.4 is 26.6 Å². The van der Waals surface area contributed by atoms with Gasteiger partial charge in [0.2, 0.25) is 5.91 Å². The quantitative estimate of drug-likeness (QED) is 0.558. The highest BCUT2D eigenvalue weighted by atomic mass is 19.1. The predicted molar refractivity (Wildman–Crippen MR) is 127 cm³/mol. The minimum Gasteiger partial charge on any atom is -0.494 e. The van der Waals surface area contributed by atoms with Gasteiger partial charge in [0.25, 0.3) is 5.56 Å². The van der Waals surface area contributed by atoms with Gasteiger partial charge in [0.1, 0.15) is 5.82 Å².